The number of carbonyl (C=O) groups excluding carboxylic acids is 1. The molecule has 1 rings (SSSR count). The van der Waals surface area contributed by atoms with E-state index in [0.29, 0.717) is 5.82 Å². The van der Waals surface area contributed by atoms with Gasteiger partial charge in [-0.2, -0.15) is 0 Å². The maximum atomic E-state index is 11.3. The van der Waals surface area contributed by atoms with E-state index < -0.39 is 17.9 Å². The van der Waals surface area contributed by atoms with Crippen molar-refractivity contribution in [2.24, 2.45) is 11.8 Å². The summed E-state index contributed by atoms with van der Waals surface area (Å²) in [4.78, 5) is 30.1. The Labute approximate surface area is 111 Å². The molecule has 0 spiro atoms. The van der Waals surface area contributed by atoms with Crippen LogP contribution in [-0.4, -0.2) is 40.7 Å². The summed E-state index contributed by atoms with van der Waals surface area (Å²) in [6.45, 7) is 3.88. The van der Waals surface area contributed by atoms with E-state index in [4.69, 9.17) is 5.11 Å². The number of hydrogen-bond donors (Lipinski definition) is 2. The Morgan fingerprint density at radius 3 is 2.63 bits per heavy atom. The second-order valence-corrected chi connectivity index (χ2v) is 4.35. The van der Waals surface area contributed by atoms with Crippen LogP contribution in [0.5, 0.6) is 0 Å². The van der Waals surface area contributed by atoms with E-state index in [2.05, 4.69) is 20.0 Å². The van der Waals surface area contributed by atoms with Gasteiger partial charge in [-0.25, -0.2) is 9.78 Å². The van der Waals surface area contributed by atoms with Gasteiger partial charge in [0.25, 0.3) is 0 Å². The first-order valence-electron chi connectivity index (χ1n) is 5.82. The van der Waals surface area contributed by atoms with Gasteiger partial charge >= 0.3 is 11.9 Å². The first-order valence-corrected chi connectivity index (χ1v) is 5.82. The molecule has 0 aliphatic carbocycles. The van der Waals surface area contributed by atoms with Crippen LogP contribution in [0.15, 0.2) is 12.4 Å². The minimum Gasteiger partial charge on any atom is -0.481 e. The van der Waals surface area contributed by atoms with Crippen LogP contribution in [0.2, 0.25) is 0 Å². The summed E-state index contributed by atoms with van der Waals surface area (Å²) in [7, 11) is 1.25. The van der Waals surface area contributed by atoms with Crippen molar-refractivity contribution in [3.63, 3.8) is 0 Å². The predicted octanol–water partition coefficient (Wildman–Crippen LogP) is 1.03. The standard InChI is InChI=1S/C12H17N3O4/c1-7(2)8(11(16)17)4-14-10-6-13-5-9(15-10)12(18)19-3/h5-8H,4H2,1-3H3,(H,14,15)(H,16,17). The number of rotatable bonds is 6. The zero-order chi connectivity index (χ0) is 14.4. The van der Waals surface area contributed by atoms with Gasteiger partial charge in [0.15, 0.2) is 5.69 Å². The molecule has 104 valence electrons. The average molecular weight is 267 g/mol. The van der Waals surface area contributed by atoms with Gasteiger partial charge < -0.3 is 15.2 Å². The van der Waals surface area contributed by atoms with Crippen LogP contribution in [0.1, 0.15) is 24.3 Å². The second kappa shape index (κ2) is 6.67. The van der Waals surface area contributed by atoms with Gasteiger partial charge in [-0.3, -0.25) is 9.78 Å². The van der Waals surface area contributed by atoms with Crippen molar-refractivity contribution < 1.29 is 19.4 Å². The van der Waals surface area contributed by atoms with Gasteiger partial charge in [0.2, 0.25) is 0 Å². The third-order valence-electron chi connectivity index (χ3n) is 2.65. The highest BCUT2D eigenvalue weighted by molar-refractivity contribution is 5.87. The lowest BCUT2D eigenvalue weighted by atomic mass is 9.96. The molecular weight excluding hydrogens is 250 g/mol. The molecule has 0 amide bonds. The maximum absolute atomic E-state index is 11.3. The number of carboxylic acids is 1. The van der Waals surface area contributed by atoms with E-state index in [1.165, 1.54) is 19.5 Å². The first kappa shape index (κ1) is 14.9. The van der Waals surface area contributed by atoms with Gasteiger partial charge in [0.05, 0.1) is 25.4 Å². The third kappa shape index (κ3) is 4.20. The molecule has 1 atom stereocenters. The Kier molecular flexibility index (Phi) is 5.23. The molecule has 7 nitrogen and oxygen atoms in total. The van der Waals surface area contributed by atoms with Gasteiger partial charge in [0, 0.05) is 6.54 Å². The van der Waals surface area contributed by atoms with Crippen LogP contribution < -0.4 is 5.32 Å². The fourth-order valence-corrected chi connectivity index (χ4v) is 1.48. The van der Waals surface area contributed by atoms with Gasteiger partial charge in [-0.05, 0) is 5.92 Å². The highest BCUT2D eigenvalue weighted by Gasteiger charge is 2.21. The number of nitrogens with zero attached hydrogens (tertiary/aromatic N) is 2. The molecule has 1 aromatic rings. The zero-order valence-electron chi connectivity index (χ0n) is 11.1. The molecule has 0 bridgehead atoms. The van der Waals surface area contributed by atoms with Crippen molar-refractivity contribution in [3.8, 4) is 0 Å². The molecule has 1 aromatic heterocycles. The monoisotopic (exact) mass is 267 g/mol. The van der Waals surface area contributed by atoms with E-state index in [1.54, 1.807) is 0 Å². The molecule has 7 heteroatoms. The molecule has 1 unspecified atom stereocenters. The molecule has 2 N–H and O–H groups in total. The smallest absolute Gasteiger partial charge is 0.358 e. The molecular formula is C12H17N3O4. The van der Waals surface area contributed by atoms with Crippen molar-refractivity contribution in [1.29, 1.82) is 0 Å². The van der Waals surface area contributed by atoms with Gasteiger partial charge in [-0.1, -0.05) is 13.8 Å². The zero-order valence-corrected chi connectivity index (χ0v) is 11.1. The van der Waals surface area contributed by atoms with Crippen LogP contribution in [0.25, 0.3) is 0 Å². The molecule has 1 heterocycles. The summed E-state index contributed by atoms with van der Waals surface area (Å²) in [6, 6.07) is 0. The quantitative estimate of drug-likeness (QED) is 0.742. The summed E-state index contributed by atoms with van der Waals surface area (Å²) >= 11 is 0. The van der Waals surface area contributed by atoms with Crippen molar-refractivity contribution in [2.75, 3.05) is 19.0 Å². The van der Waals surface area contributed by atoms with E-state index in [9.17, 15) is 9.59 Å². The van der Waals surface area contributed by atoms with Crippen LogP contribution >= 0.6 is 0 Å². The average Bonchev–Trinajstić information content (AvgIpc) is 2.37. The molecule has 0 aromatic carbocycles. The van der Waals surface area contributed by atoms with E-state index >= 15 is 0 Å². The van der Waals surface area contributed by atoms with E-state index in [1.807, 2.05) is 13.8 Å². The highest BCUT2D eigenvalue weighted by atomic mass is 16.5. The summed E-state index contributed by atoms with van der Waals surface area (Å²) in [5.74, 6) is -1.67. The van der Waals surface area contributed by atoms with Crippen molar-refractivity contribution in [2.45, 2.75) is 13.8 Å². The van der Waals surface area contributed by atoms with Crippen molar-refractivity contribution >= 4 is 17.8 Å². The molecule has 0 radical (unpaired) electrons. The van der Waals surface area contributed by atoms with Crippen LogP contribution in [0, 0.1) is 11.8 Å². The second-order valence-electron chi connectivity index (χ2n) is 4.35. The Bertz CT molecular complexity index is 462. The number of ether oxygens (including phenoxy) is 1. The summed E-state index contributed by atoms with van der Waals surface area (Å²) in [5, 5.41) is 11.9. The summed E-state index contributed by atoms with van der Waals surface area (Å²) in [6.07, 6.45) is 2.71. The predicted molar refractivity (Wildman–Crippen MR) is 67.8 cm³/mol. The normalized spacial score (nSPS) is 12.0. The Morgan fingerprint density at radius 2 is 2.11 bits per heavy atom. The number of anilines is 1. The number of hydrogen-bond acceptors (Lipinski definition) is 6. The Morgan fingerprint density at radius 1 is 1.42 bits per heavy atom. The maximum Gasteiger partial charge on any atom is 0.358 e. The van der Waals surface area contributed by atoms with Gasteiger partial charge in [-0.15, -0.1) is 0 Å². The number of aromatic nitrogens is 2. The third-order valence-corrected chi connectivity index (χ3v) is 2.65. The molecule has 19 heavy (non-hydrogen) atoms. The number of aliphatic carboxylic acids is 1. The summed E-state index contributed by atoms with van der Waals surface area (Å²) < 4.78 is 4.53. The SMILES string of the molecule is COC(=O)c1cncc(NCC(C(=O)O)C(C)C)n1. The molecule has 0 aliphatic heterocycles. The van der Waals surface area contributed by atoms with E-state index in [0.717, 1.165) is 0 Å². The van der Waals surface area contributed by atoms with Crippen LogP contribution in [-0.2, 0) is 9.53 Å². The highest BCUT2D eigenvalue weighted by Crippen LogP contribution is 2.12. The van der Waals surface area contributed by atoms with Gasteiger partial charge in [0.1, 0.15) is 5.82 Å². The Balaban J connectivity index is 2.72. The number of carboxylic acid groups (broad SMARTS) is 1. The minimum absolute atomic E-state index is 0.0123. The molecule has 0 saturated carbocycles. The van der Waals surface area contributed by atoms with E-state index in [-0.39, 0.29) is 18.2 Å². The lowest BCUT2D eigenvalue weighted by molar-refractivity contribution is -0.142. The molecule has 0 saturated heterocycles. The van der Waals surface area contributed by atoms with Crippen LogP contribution in [0.3, 0.4) is 0 Å². The first-order chi connectivity index (χ1) is 8.95. The van der Waals surface area contributed by atoms with Crippen LogP contribution in [0.4, 0.5) is 5.82 Å². The largest absolute Gasteiger partial charge is 0.481 e. The minimum atomic E-state index is -0.875. The Hall–Kier alpha value is -2.18. The fourth-order valence-electron chi connectivity index (χ4n) is 1.48. The number of methoxy groups -OCH3 is 1. The number of carbonyl (C=O) groups is 2. The lowest BCUT2D eigenvalue weighted by Gasteiger charge is -2.16. The van der Waals surface area contributed by atoms with Crippen molar-refractivity contribution in [1.82, 2.24) is 9.97 Å². The molecule has 0 aliphatic rings. The summed E-state index contributed by atoms with van der Waals surface area (Å²) in [5.41, 5.74) is 0.0731. The van der Waals surface area contributed by atoms with Crippen molar-refractivity contribution in [3.05, 3.63) is 18.1 Å². The number of nitrogens with one attached hydrogen (secondary N) is 1. The lowest BCUT2D eigenvalue weighted by Crippen LogP contribution is -2.28. The number of esters is 1. The molecule has 0 fully saturated rings. The topological polar surface area (TPSA) is 101 Å². The fraction of sp³-hybridized carbons (Fsp3) is 0.500.